The van der Waals surface area contributed by atoms with E-state index in [-0.39, 0.29) is 17.2 Å². The smallest absolute Gasteiger partial charge is 0.251 e. The average Bonchev–Trinajstić information content (AvgIpc) is 3.18. The number of benzene rings is 1. The summed E-state index contributed by atoms with van der Waals surface area (Å²) < 4.78 is 39.2. The van der Waals surface area contributed by atoms with Gasteiger partial charge in [-0.3, -0.25) is 4.79 Å². The summed E-state index contributed by atoms with van der Waals surface area (Å²) in [6.07, 6.45) is 1.86. The number of nitrogens with one attached hydrogen (secondary N) is 1. The largest absolute Gasteiger partial charge is 0.310 e. The third-order valence-corrected chi connectivity index (χ3v) is 3.00. The number of H-pyrrole nitrogens is 1. The van der Waals surface area contributed by atoms with E-state index < -0.39 is 23.0 Å². The quantitative estimate of drug-likeness (QED) is 0.849. The average molecular weight is 266 g/mol. The Bertz CT molecular complexity index is 684. The van der Waals surface area contributed by atoms with Gasteiger partial charge in [-0.25, -0.2) is 18.2 Å². The Labute approximate surface area is 106 Å². The van der Waals surface area contributed by atoms with Crippen LogP contribution in [0.1, 0.15) is 24.6 Å². The SMILES string of the molecule is O=c1cc(-c2cc(F)c(F)c(F)c2)nc(C2CC2)[nH]1. The Morgan fingerprint density at radius 2 is 1.74 bits per heavy atom. The van der Waals surface area contributed by atoms with Gasteiger partial charge in [0.25, 0.3) is 5.56 Å². The highest BCUT2D eigenvalue weighted by atomic mass is 19.2. The fourth-order valence-corrected chi connectivity index (χ4v) is 1.88. The van der Waals surface area contributed by atoms with Crippen molar-refractivity contribution in [2.45, 2.75) is 18.8 Å². The first-order valence-corrected chi connectivity index (χ1v) is 5.81. The zero-order valence-corrected chi connectivity index (χ0v) is 9.71. The monoisotopic (exact) mass is 266 g/mol. The van der Waals surface area contributed by atoms with Crippen molar-refractivity contribution in [2.75, 3.05) is 0 Å². The lowest BCUT2D eigenvalue weighted by atomic mass is 10.1. The molecule has 1 aromatic carbocycles. The van der Waals surface area contributed by atoms with E-state index in [0.29, 0.717) is 5.82 Å². The molecule has 1 heterocycles. The fourth-order valence-electron chi connectivity index (χ4n) is 1.88. The summed E-state index contributed by atoms with van der Waals surface area (Å²) in [6.45, 7) is 0. The molecule has 1 aliphatic carbocycles. The van der Waals surface area contributed by atoms with Gasteiger partial charge in [-0.2, -0.15) is 0 Å². The van der Waals surface area contributed by atoms with Gasteiger partial charge in [0.15, 0.2) is 17.5 Å². The summed E-state index contributed by atoms with van der Waals surface area (Å²) >= 11 is 0. The first-order valence-electron chi connectivity index (χ1n) is 5.81. The normalized spacial score (nSPS) is 14.7. The molecule has 0 saturated heterocycles. The van der Waals surface area contributed by atoms with Crippen LogP contribution in [0.25, 0.3) is 11.3 Å². The van der Waals surface area contributed by atoms with E-state index in [1.807, 2.05) is 0 Å². The molecule has 2 aromatic rings. The molecule has 0 atom stereocenters. The van der Waals surface area contributed by atoms with Crippen LogP contribution in [0.15, 0.2) is 23.0 Å². The predicted octanol–water partition coefficient (Wildman–Crippen LogP) is 2.73. The van der Waals surface area contributed by atoms with Gasteiger partial charge in [0.1, 0.15) is 5.82 Å². The molecule has 0 radical (unpaired) electrons. The molecule has 3 nitrogen and oxygen atoms in total. The Hall–Kier alpha value is -2.11. The standard InChI is InChI=1S/C13H9F3N2O/c14-8-3-7(4-9(15)12(8)16)10-5-11(19)18-13(17-10)6-1-2-6/h3-6H,1-2H2,(H,17,18,19). The molecule has 1 aromatic heterocycles. The molecular weight excluding hydrogens is 257 g/mol. The third kappa shape index (κ3) is 2.25. The minimum absolute atomic E-state index is 0.0457. The number of rotatable bonds is 2. The van der Waals surface area contributed by atoms with Crippen LogP contribution in [0.4, 0.5) is 13.2 Å². The molecule has 0 bridgehead atoms. The molecular formula is C13H9F3N2O. The van der Waals surface area contributed by atoms with Crippen LogP contribution in [0.5, 0.6) is 0 Å². The lowest BCUT2D eigenvalue weighted by Gasteiger charge is -2.05. The number of nitrogens with zero attached hydrogens (tertiary/aromatic N) is 1. The number of halogens is 3. The number of hydrogen-bond donors (Lipinski definition) is 1. The number of hydrogen-bond acceptors (Lipinski definition) is 2. The van der Waals surface area contributed by atoms with Crippen LogP contribution in [-0.4, -0.2) is 9.97 Å². The van der Waals surface area contributed by atoms with Gasteiger partial charge in [-0.15, -0.1) is 0 Å². The summed E-state index contributed by atoms with van der Waals surface area (Å²) in [7, 11) is 0. The maximum absolute atomic E-state index is 13.2. The second-order valence-electron chi connectivity index (χ2n) is 4.54. The van der Waals surface area contributed by atoms with Crippen molar-refractivity contribution in [3.05, 3.63) is 51.8 Å². The van der Waals surface area contributed by atoms with Gasteiger partial charge < -0.3 is 4.98 Å². The predicted molar refractivity (Wildman–Crippen MR) is 62.1 cm³/mol. The van der Waals surface area contributed by atoms with Crippen LogP contribution >= 0.6 is 0 Å². The Balaban J connectivity index is 2.13. The van der Waals surface area contributed by atoms with Crippen LogP contribution < -0.4 is 5.56 Å². The third-order valence-electron chi connectivity index (χ3n) is 3.00. The second kappa shape index (κ2) is 4.22. The summed E-state index contributed by atoms with van der Waals surface area (Å²) in [6, 6.07) is 2.80. The van der Waals surface area contributed by atoms with E-state index in [1.54, 1.807) is 0 Å². The molecule has 1 saturated carbocycles. The van der Waals surface area contributed by atoms with Crippen molar-refractivity contribution in [2.24, 2.45) is 0 Å². The number of aromatic nitrogens is 2. The van der Waals surface area contributed by atoms with Crippen molar-refractivity contribution in [1.29, 1.82) is 0 Å². The van der Waals surface area contributed by atoms with Gasteiger partial charge in [0.2, 0.25) is 0 Å². The van der Waals surface area contributed by atoms with Crippen molar-refractivity contribution in [3.63, 3.8) is 0 Å². The highest BCUT2D eigenvalue weighted by Crippen LogP contribution is 2.38. The van der Waals surface area contributed by atoms with Crippen molar-refractivity contribution < 1.29 is 13.2 Å². The molecule has 0 aliphatic heterocycles. The molecule has 1 fully saturated rings. The van der Waals surface area contributed by atoms with Crippen LogP contribution in [0, 0.1) is 17.5 Å². The number of aromatic amines is 1. The molecule has 6 heteroatoms. The van der Waals surface area contributed by atoms with E-state index in [2.05, 4.69) is 9.97 Å². The Morgan fingerprint density at radius 3 is 2.32 bits per heavy atom. The molecule has 1 N–H and O–H groups in total. The van der Waals surface area contributed by atoms with E-state index in [0.717, 1.165) is 31.0 Å². The molecule has 3 rings (SSSR count). The molecule has 1 aliphatic rings. The van der Waals surface area contributed by atoms with Crippen LogP contribution in [0.2, 0.25) is 0 Å². The lowest BCUT2D eigenvalue weighted by Crippen LogP contribution is -2.10. The minimum atomic E-state index is -1.53. The molecule has 98 valence electrons. The maximum Gasteiger partial charge on any atom is 0.251 e. The summed E-state index contributed by atoms with van der Waals surface area (Å²) in [4.78, 5) is 18.3. The second-order valence-corrected chi connectivity index (χ2v) is 4.54. The van der Waals surface area contributed by atoms with Gasteiger partial charge in [0.05, 0.1) is 5.69 Å². The van der Waals surface area contributed by atoms with E-state index in [9.17, 15) is 18.0 Å². The highest BCUT2D eigenvalue weighted by molar-refractivity contribution is 5.59. The Kier molecular flexibility index (Phi) is 2.66. The van der Waals surface area contributed by atoms with Crippen molar-refractivity contribution in [3.8, 4) is 11.3 Å². The lowest BCUT2D eigenvalue weighted by molar-refractivity contribution is 0.447. The zero-order valence-electron chi connectivity index (χ0n) is 9.71. The minimum Gasteiger partial charge on any atom is -0.310 e. The molecule has 0 spiro atoms. The fraction of sp³-hybridized carbons (Fsp3) is 0.231. The molecule has 0 amide bonds. The summed E-state index contributed by atoms with van der Waals surface area (Å²) in [5.74, 6) is -3.43. The maximum atomic E-state index is 13.2. The van der Waals surface area contributed by atoms with Crippen LogP contribution in [0.3, 0.4) is 0 Å². The first-order chi connectivity index (χ1) is 9.04. The summed E-state index contributed by atoms with van der Waals surface area (Å²) in [5.41, 5.74) is -0.204. The van der Waals surface area contributed by atoms with Crippen molar-refractivity contribution >= 4 is 0 Å². The molecule has 0 unspecified atom stereocenters. The van der Waals surface area contributed by atoms with Gasteiger partial charge in [-0.1, -0.05) is 0 Å². The zero-order chi connectivity index (χ0) is 13.6. The van der Waals surface area contributed by atoms with Crippen molar-refractivity contribution in [1.82, 2.24) is 9.97 Å². The van der Waals surface area contributed by atoms with Gasteiger partial charge in [0, 0.05) is 17.5 Å². The first kappa shape index (κ1) is 12.0. The van der Waals surface area contributed by atoms with Crippen LogP contribution in [-0.2, 0) is 0 Å². The summed E-state index contributed by atoms with van der Waals surface area (Å²) in [5, 5.41) is 0. The van der Waals surface area contributed by atoms with Gasteiger partial charge >= 0.3 is 0 Å². The molecule has 19 heavy (non-hydrogen) atoms. The van der Waals surface area contributed by atoms with E-state index >= 15 is 0 Å². The van der Waals surface area contributed by atoms with E-state index in [1.165, 1.54) is 0 Å². The van der Waals surface area contributed by atoms with E-state index in [4.69, 9.17) is 0 Å². The topological polar surface area (TPSA) is 45.8 Å². The Morgan fingerprint density at radius 1 is 1.11 bits per heavy atom. The highest BCUT2D eigenvalue weighted by Gasteiger charge is 2.26. The van der Waals surface area contributed by atoms with Gasteiger partial charge in [-0.05, 0) is 25.0 Å².